The van der Waals surface area contributed by atoms with Crippen LogP contribution >= 0.6 is 11.6 Å². The second-order valence-electron chi connectivity index (χ2n) is 4.28. The van der Waals surface area contributed by atoms with Crippen molar-refractivity contribution in [2.24, 2.45) is 5.10 Å². The third-order valence-electron chi connectivity index (χ3n) is 2.44. The summed E-state index contributed by atoms with van der Waals surface area (Å²) in [4.78, 5) is 8.43. The van der Waals surface area contributed by atoms with E-state index in [0.29, 0.717) is 11.0 Å². The van der Waals surface area contributed by atoms with Gasteiger partial charge >= 0.3 is 0 Å². The van der Waals surface area contributed by atoms with Crippen molar-refractivity contribution in [3.8, 4) is 0 Å². The maximum absolute atomic E-state index is 6.08. The number of nitrogens with one attached hydrogen (secondary N) is 1. The Morgan fingerprint density at radius 1 is 1.15 bits per heavy atom. The molecule has 0 fully saturated rings. The van der Waals surface area contributed by atoms with Crippen molar-refractivity contribution in [3.63, 3.8) is 0 Å². The lowest BCUT2D eigenvalue weighted by molar-refractivity contribution is 1.04. The van der Waals surface area contributed by atoms with E-state index in [2.05, 4.69) is 20.5 Å². The van der Waals surface area contributed by atoms with E-state index in [-0.39, 0.29) is 0 Å². The van der Waals surface area contributed by atoms with Crippen molar-refractivity contribution in [1.82, 2.24) is 9.97 Å². The maximum Gasteiger partial charge on any atom is 0.243 e. The van der Waals surface area contributed by atoms with E-state index in [1.54, 1.807) is 0 Å². The Labute approximate surface area is 123 Å². The molecule has 1 N–H and O–H groups in total. The van der Waals surface area contributed by atoms with Gasteiger partial charge in [0, 0.05) is 11.4 Å². The molecule has 102 valence electrons. The molecule has 2 rings (SSSR count). The van der Waals surface area contributed by atoms with Gasteiger partial charge in [0.25, 0.3) is 0 Å². The number of anilines is 1. The zero-order valence-electron chi connectivity index (χ0n) is 11.3. The van der Waals surface area contributed by atoms with Crippen LogP contribution in [0.15, 0.2) is 46.5 Å². The first-order valence-corrected chi connectivity index (χ1v) is 6.55. The number of nitrogens with zero attached hydrogens (tertiary/aromatic N) is 3. The predicted octanol–water partition coefficient (Wildman–Crippen LogP) is 3.77. The van der Waals surface area contributed by atoms with Crippen LogP contribution in [0.25, 0.3) is 6.08 Å². The fourth-order valence-corrected chi connectivity index (χ4v) is 1.85. The van der Waals surface area contributed by atoms with Crippen LogP contribution in [0.3, 0.4) is 0 Å². The summed E-state index contributed by atoms with van der Waals surface area (Å²) in [5.41, 5.74) is 5.56. The first-order valence-electron chi connectivity index (χ1n) is 6.17. The molecule has 0 bridgehead atoms. The molecule has 2 aromatic rings. The largest absolute Gasteiger partial charge is 0.245 e. The van der Waals surface area contributed by atoms with Gasteiger partial charge in [0.15, 0.2) is 0 Å². The Morgan fingerprint density at radius 3 is 2.45 bits per heavy atom. The lowest BCUT2D eigenvalue weighted by atomic mass is 10.2. The second-order valence-corrected chi connectivity index (χ2v) is 4.72. The van der Waals surface area contributed by atoms with Crippen molar-refractivity contribution in [3.05, 3.63) is 58.4 Å². The summed E-state index contributed by atoms with van der Waals surface area (Å²) in [6.45, 7) is 3.82. The SMILES string of the molecule is Cc1cc(C)nc(N/N=C\C(Cl)=C\c2ccccc2)n1. The minimum absolute atomic E-state index is 0.461. The Bertz CT molecular complexity index is 615. The monoisotopic (exact) mass is 286 g/mol. The van der Waals surface area contributed by atoms with Gasteiger partial charge in [-0.25, -0.2) is 15.4 Å². The molecule has 4 nitrogen and oxygen atoms in total. The molecule has 1 heterocycles. The third kappa shape index (κ3) is 4.48. The van der Waals surface area contributed by atoms with Crippen LogP contribution in [-0.2, 0) is 0 Å². The summed E-state index contributed by atoms with van der Waals surface area (Å²) in [6, 6.07) is 11.7. The van der Waals surface area contributed by atoms with Gasteiger partial charge in [0.2, 0.25) is 5.95 Å². The van der Waals surface area contributed by atoms with Crippen molar-refractivity contribution in [2.45, 2.75) is 13.8 Å². The van der Waals surface area contributed by atoms with Crippen molar-refractivity contribution < 1.29 is 0 Å². The number of hydrazone groups is 1. The molecular weight excluding hydrogens is 272 g/mol. The fraction of sp³-hybridized carbons (Fsp3) is 0.133. The van der Waals surface area contributed by atoms with Gasteiger partial charge < -0.3 is 0 Å². The topological polar surface area (TPSA) is 50.2 Å². The Balaban J connectivity index is 2.01. The summed E-state index contributed by atoms with van der Waals surface area (Å²) in [7, 11) is 0. The van der Waals surface area contributed by atoms with E-state index >= 15 is 0 Å². The minimum atomic E-state index is 0.461. The summed E-state index contributed by atoms with van der Waals surface area (Å²) in [6.07, 6.45) is 3.35. The van der Waals surface area contributed by atoms with E-state index in [1.165, 1.54) is 6.21 Å². The molecule has 0 aliphatic heterocycles. The number of halogens is 1. The van der Waals surface area contributed by atoms with Gasteiger partial charge in [-0.15, -0.1) is 0 Å². The van der Waals surface area contributed by atoms with E-state index in [1.807, 2.05) is 56.3 Å². The van der Waals surface area contributed by atoms with Gasteiger partial charge in [-0.3, -0.25) is 0 Å². The van der Waals surface area contributed by atoms with Gasteiger partial charge in [-0.2, -0.15) is 5.10 Å². The Kier molecular flexibility index (Phi) is 4.85. The molecule has 0 saturated heterocycles. The zero-order valence-corrected chi connectivity index (χ0v) is 12.1. The molecular formula is C15H15ClN4. The van der Waals surface area contributed by atoms with Gasteiger partial charge in [-0.1, -0.05) is 41.9 Å². The first kappa shape index (κ1) is 14.2. The number of aryl methyl sites for hydroxylation is 2. The summed E-state index contributed by atoms with van der Waals surface area (Å²) >= 11 is 6.08. The highest BCUT2D eigenvalue weighted by molar-refractivity contribution is 6.41. The molecule has 0 aliphatic carbocycles. The lowest BCUT2D eigenvalue weighted by Crippen LogP contribution is -1.99. The van der Waals surface area contributed by atoms with Crippen LogP contribution in [0.2, 0.25) is 0 Å². The Hall–Kier alpha value is -2.20. The molecule has 5 heteroatoms. The number of aromatic nitrogens is 2. The normalized spacial score (nSPS) is 11.8. The highest BCUT2D eigenvalue weighted by atomic mass is 35.5. The highest BCUT2D eigenvalue weighted by Crippen LogP contribution is 2.08. The molecule has 1 aromatic carbocycles. The molecule has 0 saturated carbocycles. The third-order valence-corrected chi connectivity index (χ3v) is 2.65. The van der Waals surface area contributed by atoms with Crippen molar-refractivity contribution >= 4 is 29.8 Å². The molecule has 1 aromatic heterocycles. The van der Waals surface area contributed by atoms with E-state index < -0.39 is 0 Å². The van der Waals surface area contributed by atoms with Gasteiger partial charge in [0.05, 0.1) is 11.2 Å². The van der Waals surface area contributed by atoms with Crippen molar-refractivity contribution in [2.75, 3.05) is 5.43 Å². The highest BCUT2D eigenvalue weighted by Gasteiger charge is 1.96. The number of allylic oxidation sites excluding steroid dienone is 1. The molecule has 0 spiro atoms. The molecule has 0 amide bonds. The molecule has 0 atom stereocenters. The molecule has 20 heavy (non-hydrogen) atoms. The quantitative estimate of drug-likeness (QED) is 0.687. The summed E-state index contributed by atoms with van der Waals surface area (Å²) < 4.78 is 0. The molecule has 0 radical (unpaired) electrons. The zero-order chi connectivity index (χ0) is 14.4. The average Bonchev–Trinajstić information content (AvgIpc) is 2.38. The van der Waals surface area contributed by atoms with Crippen molar-refractivity contribution in [1.29, 1.82) is 0 Å². The maximum atomic E-state index is 6.08. The van der Waals surface area contributed by atoms with Crippen LogP contribution in [0.1, 0.15) is 17.0 Å². The number of rotatable bonds is 4. The molecule has 0 aliphatic rings. The van der Waals surface area contributed by atoms with Gasteiger partial charge in [-0.05, 0) is 31.6 Å². The van der Waals surface area contributed by atoms with Crippen LogP contribution in [0.4, 0.5) is 5.95 Å². The summed E-state index contributed by atoms with van der Waals surface area (Å²) in [5.74, 6) is 0.461. The lowest BCUT2D eigenvalue weighted by Gasteiger charge is -2.01. The van der Waals surface area contributed by atoms with Crippen LogP contribution in [-0.4, -0.2) is 16.2 Å². The van der Waals surface area contributed by atoms with E-state index in [4.69, 9.17) is 11.6 Å². The van der Waals surface area contributed by atoms with E-state index in [0.717, 1.165) is 17.0 Å². The molecule has 0 unspecified atom stereocenters. The number of hydrogen-bond acceptors (Lipinski definition) is 4. The average molecular weight is 287 g/mol. The van der Waals surface area contributed by atoms with E-state index in [9.17, 15) is 0 Å². The number of benzene rings is 1. The Morgan fingerprint density at radius 2 is 1.80 bits per heavy atom. The first-order chi connectivity index (χ1) is 9.63. The smallest absolute Gasteiger partial charge is 0.243 e. The van der Waals surface area contributed by atoms with Gasteiger partial charge in [0.1, 0.15) is 0 Å². The minimum Gasteiger partial charge on any atom is -0.245 e. The fourth-order valence-electron chi connectivity index (χ4n) is 1.67. The number of hydrogen-bond donors (Lipinski definition) is 1. The summed E-state index contributed by atoms with van der Waals surface area (Å²) in [5, 5.41) is 4.54. The van der Waals surface area contributed by atoms with Crippen LogP contribution < -0.4 is 5.43 Å². The second kappa shape index (κ2) is 6.82. The standard InChI is InChI=1S/C15H15ClN4/c1-11-8-12(2)19-15(18-11)20-17-10-14(16)9-13-6-4-3-5-7-13/h3-10H,1-2H3,(H,18,19,20)/b14-9-,17-10-. The van der Waals surface area contributed by atoms with Crippen LogP contribution in [0, 0.1) is 13.8 Å². The predicted molar refractivity (Wildman–Crippen MR) is 83.9 cm³/mol. The van der Waals surface area contributed by atoms with Crippen LogP contribution in [0.5, 0.6) is 0 Å².